The van der Waals surface area contributed by atoms with Crippen molar-refractivity contribution in [1.82, 2.24) is 5.32 Å². The van der Waals surface area contributed by atoms with E-state index in [0.717, 1.165) is 25.7 Å². The van der Waals surface area contributed by atoms with Crippen molar-refractivity contribution >= 4 is 5.91 Å². The van der Waals surface area contributed by atoms with Crippen molar-refractivity contribution in [2.24, 2.45) is 0 Å². The van der Waals surface area contributed by atoms with Gasteiger partial charge in [-0.1, -0.05) is 276 Å². The van der Waals surface area contributed by atoms with Gasteiger partial charge in [0.2, 0.25) is 5.91 Å². The summed E-state index contributed by atoms with van der Waals surface area (Å²) in [5.41, 5.74) is 0. The SMILES string of the molecule is CCCCCCCCCCCCCC/C=C\CCCCCCCCCCCCC(=O)NC(CO)C(O)CCCCCCCCCCCCCCCCCCCCCC. The standard InChI is InChI=1S/C54H107NO3/c1-3-5-7-9-11-13-15-17-19-21-23-25-26-27-28-29-30-32-34-36-38-40-42-44-46-48-50-54(58)55-52(51-56)53(57)49-47-45-43-41-39-37-35-33-31-24-22-20-18-16-14-12-10-8-6-4-2/h27-28,52-53,56-57H,3-26,29-51H2,1-2H3,(H,55,58)/b28-27-. The average molecular weight is 818 g/mol. The molecular weight excluding hydrogens is 711 g/mol. The molecule has 58 heavy (non-hydrogen) atoms. The van der Waals surface area contributed by atoms with E-state index in [1.165, 1.54) is 257 Å². The normalized spacial score (nSPS) is 12.8. The van der Waals surface area contributed by atoms with Gasteiger partial charge in [-0.3, -0.25) is 4.79 Å². The van der Waals surface area contributed by atoms with Gasteiger partial charge in [-0.25, -0.2) is 0 Å². The zero-order valence-electron chi connectivity index (χ0n) is 39.8. The minimum absolute atomic E-state index is 0.0270. The summed E-state index contributed by atoms with van der Waals surface area (Å²) in [4.78, 5) is 12.5. The number of aliphatic hydroxyl groups excluding tert-OH is 2. The second-order valence-electron chi connectivity index (χ2n) is 18.7. The molecule has 0 spiro atoms. The molecule has 0 aromatic carbocycles. The highest BCUT2D eigenvalue weighted by Crippen LogP contribution is 2.17. The van der Waals surface area contributed by atoms with Gasteiger partial charge in [0, 0.05) is 6.42 Å². The summed E-state index contributed by atoms with van der Waals surface area (Å²) in [5.74, 6) is -0.0270. The first-order chi connectivity index (χ1) is 28.7. The molecule has 0 aromatic rings. The molecule has 346 valence electrons. The highest BCUT2D eigenvalue weighted by molar-refractivity contribution is 5.76. The van der Waals surface area contributed by atoms with Crippen LogP contribution in [0, 0.1) is 0 Å². The first-order valence-electron chi connectivity index (χ1n) is 26.9. The largest absolute Gasteiger partial charge is 0.394 e. The van der Waals surface area contributed by atoms with Crippen LogP contribution in [0.3, 0.4) is 0 Å². The molecule has 0 heterocycles. The number of allylic oxidation sites excluding steroid dienone is 2. The zero-order chi connectivity index (χ0) is 42.1. The lowest BCUT2D eigenvalue weighted by molar-refractivity contribution is -0.123. The number of hydrogen-bond donors (Lipinski definition) is 3. The van der Waals surface area contributed by atoms with Gasteiger partial charge >= 0.3 is 0 Å². The Bertz CT molecular complexity index is 799. The molecule has 0 radical (unpaired) electrons. The second-order valence-corrected chi connectivity index (χ2v) is 18.7. The number of carbonyl (C=O) groups excluding carboxylic acids is 1. The molecule has 4 nitrogen and oxygen atoms in total. The Morgan fingerprint density at radius 3 is 0.948 bits per heavy atom. The van der Waals surface area contributed by atoms with Crippen LogP contribution >= 0.6 is 0 Å². The molecule has 0 aromatic heterocycles. The number of aliphatic hydroxyl groups is 2. The number of carbonyl (C=O) groups is 1. The quantitative estimate of drug-likeness (QED) is 0.0423. The van der Waals surface area contributed by atoms with E-state index in [4.69, 9.17) is 0 Å². The lowest BCUT2D eigenvalue weighted by atomic mass is 10.0. The zero-order valence-corrected chi connectivity index (χ0v) is 39.8. The Morgan fingerprint density at radius 1 is 0.397 bits per heavy atom. The second kappa shape index (κ2) is 50.5. The average Bonchev–Trinajstić information content (AvgIpc) is 3.23. The van der Waals surface area contributed by atoms with Crippen LogP contribution in [0.1, 0.15) is 309 Å². The number of unbranched alkanes of at least 4 members (excludes halogenated alkanes) is 41. The van der Waals surface area contributed by atoms with Crippen LogP contribution in [-0.4, -0.2) is 34.9 Å². The van der Waals surface area contributed by atoms with Crippen molar-refractivity contribution in [3.63, 3.8) is 0 Å². The van der Waals surface area contributed by atoms with Gasteiger partial charge in [0.25, 0.3) is 0 Å². The minimum atomic E-state index is -0.658. The van der Waals surface area contributed by atoms with E-state index in [9.17, 15) is 15.0 Å². The van der Waals surface area contributed by atoms with Gasteiger partial charge in [0.15, 0.2) is 0 Å². The molecule has 0 rings (SSSR count). The van der Waals surface area contributed by atoms with Crippen LogP contribution in [0.15, 0.2) is 12.2 Å². The van der Waals surface area contributed by atoms with Gasteiger partial charge in [-0.15, -0.1) is 0 Å². The summed E-state index contributed by atoms with van der Waals surface area (Å²) >= 11 is 0. The van der Waals surface area contributed by atoms with Gasteiger partial charge in [-0.05, 0) is 38.5 Å². The molecule has 0 aliphatic carbocycles. The van der Waals surface area contributed by atoms with Crippen LogP contribution in [0.4, 0.5) is 0 Å². The topological polar surface area (TPSA) is 69.6 Å². The molecule has 2 atom stereocenters. The van der Waals surface area contributed by atoms with Crippen molar-refractivity contribution in [3.05, 3.63) is 12.2 Å². The first kappa shape index (κ1) is 57.1. The summed E-state index contributed by atoms with van der Waals surface area (Å²) in [6.07, 6.45) is 64.7. The molecule has 0 aliphatic heterocycles. The Balaban J connectivity index is 3.44. The number of rotatable bonds is 50. The first-order valence-corrected chi connectivity index (χ1v) is 26.9. The van der Waals surface area contributed by atoms with Crippen molar-refractivity contribution in [3.8, 4) is 0 Å². The fourth-order valence-electron chi connectivity index (χ4n) is 8.65. The van der Waals surface area contributed by atoms with E-state index in [1.807, 2.05) is 0 Å². The number of amides is 1. The van der Waals surface area contributed by atoms with E-state index in [1.54, 1.807) is 0 Å². The third-order valence-electron chi connectivity index (χ3n) is 12.8. The van der Waals surface area contributed by atoms with Crippen LogP contribution in [0.25, 0.3) is 0 Å². The lowest BCUT2D eigenvalue weighted by Gasteiger charge is -2.22. The predicted octanol–water partition coefficient (Wildman–Crippen LogP) is 17.4. The maximum atomic E-state index is 12.5. The molecule has 4 heteroatoms. The highest BCUT2D eigenvalue weighted by Gasteiger charge is 2.20. The van der Waals surface area contributed by atoms with E-state index in [0.29, 0.717) is 12.8 Å². The van der Waals surface area contributed by atoms with Crippen molar-refractivity contribution in [1.29, 1.82) is 0 Å². The summed E-state index contributed by atoms with van der Waals surface area (Å²) in [6, 6.07) is -0.534. The minimum Gasteiger partial charge on any atom is -0.394 e. The molecule has 0 saturated carbocycles. The van der Waals surface area contributed by atoms with Crippen LogP contribution in [0.2, 0.25) is 0 Å². The molecule has 1 amide bonds. The van der Waals surface area contributed by atoms with E-state index in [2.05, 4.69) is 31.3 Å². The van der Waals surface area contributed by atoms with E-state index < -0.39 is 12.1 Å². The molecule has 0 aliphatic rings. The molecule has 0 bridgehead atoms. The summed E-state index contributed by atoms with van der Waals surface area (Å²) in [5, 5.41) is 23.3. The maximum Gasteiger partial charge on any atom is 0.220 e. The number of hydrogen-bond acceptors (Lipinski definition) is 3. The fourth-order valence-corrected chi connectivity index (χ4v) is 8.65. The van der Waals surface area contributed by atoms with E-state index >= 15 is 0 Å². The summed E-state index contributed by atoms with van der Waals surface area (Å²) < 4.78 is 0. The summed E-state index contributed by atoms with van der Waals surface area (Å²) in [7, 11) is 0. The third-order valence-corrected chi connectivity index (χ3v) is 12.8. The Hall–Kier alpha value is -0.870. The Kier molecular flexibility index (Phi) is 49.7. The van der Waals surface area contributed by atoms with Crippen molar-refractivity contribution in [2.45, 2.75) is 321 Å². The monoisotopic (exact) mass is 818 g/mol. The summed E-state index contributed by atoms with van der Waals surface area (Å²) in [6.45, 7) is 4.40. The number of nitrogens with one attached hydrogen (secondary N) is 1. The van der Waals surface area contributed by atoms with Gasteiger partial charge in [0.1, 0.15) is 0 Å². The lowest BCUT2D eigenvalue weighted by Crippen LogP contribution is -2.45. The molecule has 3 N–H and O–H groups in total. The van der Waals surface area contributed by atoms with E-state index in [-0.39, 0.29) is 12.5 Å². The third kappa shape index (κ3) is 46.2. The van der Waals surface area contributed by atoms with Crippen LogP contribution in [-0.2, 0) is 4.79 Å². The Labute approximate surface area is 365 Å². The fraction of sp³-hybridized carbons (Fsp3) is 0.944. The highest BCUT2D eigenvalue weighted by atomic mass is 16.3. The van der Waals surface area contributed by atoms with Crippen molar-refractivity contribution < 1.29 is 15.0 Å². The predicted molar refractivity (Wildman–Crippen MR) is 258 cm³/mol. The van der Waals surface area contributed by atoms with Crippen LogP contribution in [0.5, 0.6) is 0 Å². The maximum absolute atomic E-state index is 12.5. The molecule has 0 fully saturated rings. The molecular formula is C54H107NO3. The Morgan fingerprint density at radius 2 is 0.655 bits per heavy atom. The van der Waals surface area contributed by atoms with Gasteiger partial charge in [0.05, 0.1) is 18.8 Å². The van der Waals surface area contributed by atoms with Crippen molar-refractivity contribution in [2.75, 3.05) is 6.61 Å². The smallest absolute Gasteiger partial charge is 0.220 e. The van der Waals surface area contributed by atoms with Gasteiger partial charge < -0.3 is 15.5 Å². The van der Waals surface area contributed by atoms with Gasteiger partial charge in [-0.2, -0.15) is 0 Å². The molecule has 0 saturated heterocycles. The van der Waals surface area contributed by atoms with Crippen LogP contribution < -0.4 is 5.32 Å². The molecule has 2 unspecified atom stereocenters.